The van der Waals surface area contributed by atoms with Gasteiger partial charge in [-0.15, -0.1) is 0 Å². The molecular weight excluding hydrogens is 202 g/mol. The van der Waals surface area contributed by atoms with E-state index in [0.717, 1.165) is 25.8 Å². The molecule has 0 amide bonds. The fourth-order valence-electron chi connectivity index (χ4n) is 1.91. The third-order valence-electron chi connectivity index (χ3n) is 2.75. The summed E-state index contributed by atoms with van der Waals surface area (Å²) in [5, 5.41) is 3.16. The van der Waals surface area contributed by atoms with E-state index >= 15 is 0 Å². The molecule has 0 aliphatic heterocycles. The maximum absolute atomic E-state index is 5.80. The molecule has 16 heavy (non-hydrogen) atoms. The Bertz CT molecular complexity index is 324. The highest BCUT2D eigenvalue weighted by Crippen LogP contribution is 2.22. The monoisotopic (exact) mass is 221 g/mol. The van der Waals surface area contributed by atoms with Crippen molar-refractivity contribution >= 4 is 5.95 Å². The molecule has 0 aromatic carbocycles. The summed E-state index contributed by atoms with van der Waals surface area (Å²) in [7, 11) is 0. The molecule has 1 heterocycles. The van der Waals surface area contributed by atoms with E-state index in [1.807, 2.05) is 6.07 Å². The van der Waals surface area contributed by atoms with Crippen LogP contribution in [-0.2, 0) is 0 Å². The van der Waals surface area contributed by atoms with Crippen LogP contribution in [-0.4, -0.2) is 22.6 Å². The molecule has 0 saturated heterocycles. The van der Waals surface area contributed by atoms with Crippen LogP contribution in [0.3, 0.4) is 0 Å². The summed E-state index contributed by atoms with van der Waals surface area (Å²) in [4.78, 5) is 8.48. The molecule has 1 saturated carbocycles. The Morgan fingerprint density at radius 2 is 2.25 bits per heavy atom. The summed E-state index contributed by atoms with van der Waals surface area (Å²) in [6.07, 6.45) is 8.03. The zero-order valence-electron chi connectivity index (χ0n) is 9.78. The molecule has 0 bridgehead atoms. The Labute approximate surface area is 96.4 Å². The minimum Gasteiger partial charge on any atom is -0.474 e. The topological polar surface area (TPSA) is 47.0 Å². The first kappa shape index (κ1) is 11.2. The van der Waals surface area contributed by atoms with Crippen LogP contribution in [0.4, 0.5) is 5.95 Å². The Kier molecular flexibility index (Phi) is 3.97. The average Bonchev–Trinajstić information content (AvgIpc) is 2.80. The molecule has 1 fully saturated rings. The van der Waals surface area contributed by atoms with Gasteiger partial charge < -0.3 is 10.1 Å². The SMILES string of the molecule is CCCNc1nccc(OC2CCCC2)n1. The summed E-state index contributed by atoms with van der Waals surface area (Å²) in [5.41, 5.74) is 0. The van der Waals surface area contributed by atoms with Crippen LogP contribution in [0.15, 0.2) is 12.3 Å². The van der Waals surface area contributed by atoms with Crippen molar-refractivity contribution in [3.8, 4) is 5.88 Å². The first-order valence-corrected chi connectivity index (χ1v) is 6.12. The Hall–Kier alpha value is -1.32. The van der Waals surface area contributed by atoms with E-state index < -0.39 is 0 Å². The molecule has 0 unspecified atom stereocenters. The molecule has 88 valence electrons. The second kappa shape index (κ2) is 5.68. The number of anilines is 1. The van der Waals surface area contributed by atoms with Crippen molar-refractivity contribution in [3.05, 3.63) is 12.3 Å². The molecule has 2 rings (SSSR count). The van der Waals surface area contributed by atoms with Gasteiger partial charge in [-0.2, -0.15) is 4.98 Å². The number of nitrogens with one attached hydrogen (secondary N) is 1. The van der Waals surface area contributed by atoms with Gasteiger partial charge in [0, 0.05) is 18.8 Å². The van der Waals surface area contributed by atoms with E-state index in [1.165, 1.54) is 12.8 Å². The molecule has 0 spiro atoms. The fourth-order valence-corrected chi connectivity index (χ4v) is 1.91. The van der Waals surface area contributed by atoms with Crippen LogP contribution in [0.25, 0.3) is 0 Å². The number of nitrogens with zero attached hydrogens (tertiary/aromatic N) is 2. The van der Waals surface area contributed by atoms with E-state index in [-0.39, 0.29) is 0 Å². The maximum Gasteiger partial charge on any atom is 0.225 e. The molecular formula is C12H19N3O. The van der Waals surface area contributed by atoms with Gasteiger partial charge in [-0.25, -0.2) is 4.98 Å². The summed E-state index contributed by atoms with van der Waals surface area (Å²) in [6.45, 7) is 3.01. The van der Waals surface area contributed by atoms with Crippen molar-refractivity contribution in [1.29, 1.82) is 0 Å². The average molecular weight is 221 g/mol. The quantitative estimate of drug-likeness (QED) is 0.830. The van der Waals surface area contributed by atoms with Crippen LogP contribution in [0, 0.1) is 0 Å². The van der Waals surface area contributed by atoms with Gasteiger partial charge in [0.25, 0.3) is 0 Å². The van der Waals surface area contributed by atoms with Crippen molar-refractivity contribution in [2.24, 2.45) is 0 Å². The highest BCUT2D eigenvalue weighted by atomic mass is 16.5. The molecule has 4 heteroatoms. The second-order valence-electron chi connectivity index (χ2n) is 4.17. The second-order valence-corrected chi connectivity index (χ2v) is 4.17. The van der Waals surface area contributed by atoms with Crippen molar-refractivity contribution < 1.29 is 4.74 Å². The molecule has 4 nitrogen and oxygen atoms in total. The van der Waals surface area contributed by atoms with Crippen LogP contribution >= 0.6 is 0 Å². The van der Waals surface area contributed by atoms with Gasteiger partial charge in [-0.1, -0.05) is 6.92 Å². The zero-order chi connectivity index (χ0) is 11.2. The van der Waals surface area contributed by atoms with Crippen molar-refractivity contribution in [1.82, 2.24) is 9.97 Å². The van der Waals surface area contributed by atoms with E-state index in [0.29, 0.717) is 17.9 Å². The van der Waals surface area contributed by atoms with E-state index in [1.54, 1.807) is 6.20 Å². The highest BCUT2D eigenvalue weighted by molar-refractivity contribution is 5.27. The summed E-state index contributed by atoms with van der Waals surface area (Å²) in [5.74, 6) is 1.36. The summed E-state index contributed by atoms with van der Waals surface area (Å²) >= 11 is 0. The minimum absolute atomic E-state index is 0.355. The lowest BCUT2D eigenvalue weighted by Crippen LogP contribution is -2.13. The van der Waals surface area contributed by atoms with Crippen LogP contribution in [0.2, 0.25) is 0 Å². The zero-order valence-corrected chi connectivity index (χ0v) is 9.78. The van der Waals surface area contributed by atoms with Crippen LogP contribution in [0.5, 0.6) is 5.88 Å². The van der Waals surface area contributed by atoms with Gasteiger partial charge in [-0.3, -0.25) is 0 Å². The van der Waals surface area contributed by atoms with Gasteiger partial charge in [0.2, 0.25) is 11.8 Å². The lowest BCUT2D eigenvalue weighted by Gasteiger charge is -2.12. The number of hydrogen-bond acceptors (Lipinski definition) is 4. The highest BCUT2D eigenvalue weighted by Gasteiger charge is 2.17. The molecule has 1 aliphatic carbocycles. The standard InChI is InChI=1S/C12H19N3O/c1-2-8-13-12-14-9-7-11(15-12)16-10-5-3-4-6-10/h7,9-10H,2-6,8H2,1H3,(H,13,14,15). The molecule has 1 N–H and O–H groups in total. The largest absolute Gasteiger partial charge is 0.474 e. The minimum atomic E-state index is 0.355. The van der Waals surface area contributed by atoms with Crippen molar-refractivity contribution in [2.75, 3.05) is 11.9 Å². The third-order valence-corrected chi connectivity index (χ3v) is 2.75. The van der Waals surface area contributed by atoms with Gasteiger partial charge >= 0.3 is 0 Å². The van der Waals surface area contributed by atoms with Crippen LogP contribution in [0.1, 0.15) is 39.0 Å². The Balaban J connectivity index is 1.92. The normalized spacial score (nSPS) is 16.3. The van der Waals surface area contributed by atoms with Crippen LogP contribution < -0.4 is 10.1 Å². The summed E-state index contributed by atoms with van der Waals surface area (Å²) in [6, 6.07) is 1.83. The van der Waals surface area contributed by atoms with Gasteiger partial charge in [0.15, 0.2) is 0 Å². The Morgan fingerprint density at radius 1 is 1.44 bits per heavy atom. The van der Waals surface area contributed by atoms with Gasteiger partial charge in [0.1, 0.15) is 6.10 Å². The van der Waals surface area contributed by atoms with E-state index in [2.05, 4.69) is 22.2 Å². The number of aromatic nitrogens is 2. The van der Waals surface area contributed by atoms with E-state index in [9.17, 15) is 0 Å². The smallest absolute Gasteiger partial charge is 0.225 e. The lowest BCUT2D eigenvalue weighted by atomic mass is 10.3. The molecule has 0 atom stereocenters. The van der Waals surface area contributed by atoms with Gasteiger partial charge in [-0.05, 0) is 32.1 Å². The number of ether oxygens (including phenoxy) is 1. The Morgan fingerprint density at radius 3 is 3.00 bits per heavy atom. The first-order chi connectivity index (χ1) is 7.88. The summed E-state index contributed by atoms with van der Waals surface area (Å²) < 4.78 is 5.80. The predicted molar refractivity (Wildman–Crippen MR) is 63.7 cm³/mol. The third kappa shape index (κ3) is 3.08. The first-order valence-electron chi connectivity index (χ1n) is 6.12. The number of rotatable bonds is 5. The molecule has 1 aromatic rings. The lowest BCUT2D eigenvalue weighted by molar-refractivity contribution is 0.201. The number of hydrogen-bond donors (Lipinski definition) is 1. The van der Waals surface area contributed by atoms with Crippen molar-refractivity contribution in [3.63, 3.8) is 0 Å². The van der Waals surface area contributed by atoms with E-state index in [4.69, 9.17) is 4.74 Å². The van der Waals surface area contributed by atoms with Gasteiger partial charge in [0.05, 0.1) is 0 Å². The maximum atomic E-state index is 5.80. The predicted octanol–water partition coefficient (Wildman–Crippen LogP) is 2.62. The van der Waals surface area contributed by atoms with Crippen molar-refractivity contribution in [2.45, 2.75) is 45.1 Å². The molecule has 1 aromatic heterocycles. The molecule has 1 aliphatic rings. The molecule has 0 radical (unpaired) electrons. The fraction of sp³-hybridized carbons (Fsp3) is 0.667.